The van der Waals surface area contributed by atoms with Gasteiger partial charge in [0.15, 0.2) is 6.10 Å². The van der Waals surface area contributed by atoms with E-state index in [1.165, 1.54) is 25.8 Å². The second-order valence-corrected chi connectivity index (χ2v) is 6.46. The van der Waals surface area contributed by atoms with Crippen molar-refractivity contribution in [1.29, 1.82) is 0 Å². The number of carboxylic acids is 1. The maximum atomic E-state index is 11.4. The molecule has 0 aromatic heterocycles. The molecule has 2 unspecified atom stereocenters. The zero-order valence-corrected chi connectivity index (χ0v) is 17.6. The van der Waals surface area contributed by atoms with Gasteiger partial charge in [-0.25, -0.2) is 4.79 Å². The molecule has 6 nitrogen and oxygen atoms in total. The van der Waals surface area contributed by atoms with E-state index in [0.717, 1.165) is 0 Å². The average Bonchev–Trinajstić information content (AvgIpc) is 2.60. The number of benzene rings is 2. The number of rotatable bonds is 7. The molecule has 2 rings (SSSR count). The molecule has 0 spiro atoms. The minimum atomic E-state index is -1.61. The fraction of sp³-hybridized carbons (Fsp3) is 0.222. The summed E-state index contributed by atoms with van der Waals surface area (Å²) in [5.74, 6) is -0.908. The van der Waals surface area contributed by atoms with E-state index in [0.29, 0.717) is 21.9 Å². The maximum absolute atomic E-state index is 11.4. The van der Waals surface area contributed by atoms with E-state index < -0.39 is 17.3 Å². The number of carbonyl (C=O) groups is 2. The average molecular weight is 384 g/mol. The predicted molar refractivity (Wildman–Crippen MR) is 102 cm³/mol. The third-order valence-electron chi connectivity index (χ3n) is 3.44. The Kier molecular flexibility index (Phi) is 9.18. The number of thioether (sulfide) groups is 1. The Morgan fingerprint density at radius 2 is 1.73 bits per heavy atom. The summed E-state index contributed by atoms with van der Waals surface area (Å²) in [6.45, 7) is 1.40. The first kappa shape index (κ1) is 22.5. The molecule has 0 fully saturated rings. The fourth-order valence-corrected chi connectivity index (χ4v) is 3.45. The molecule has 8 heteroatoms. The number of carbonyl (C=O) groups excluding carboxylic acids is 1. The summed E-state index contributed by atoms with van der Waals surface area (Å²) in [7, 11) is 1.54. The Morgan fingerprint density at radius 1 is 1.12 bits per heavy atom. The van der Waals surface area contributed by atoms with Crippen LogP contribution in [0.2, 0.25) is 0 Å². The summed E-state index contributed by atoms with van der Waals surface area (Å²) < 4.78 is 5.10. The Bertz CT molecular complexity index is 754. The molecular formula is C18H19NNaO5S. The minimum Gasteiger partial charge on any atom is -0.497 e. The number of carboxylic acid groups (broad SMARTS) is 1. The van der Waals surface area contributed by atoms with Crippen LogP contribution in [0.1, 0.15) is 17.7 Å². The Hall–Kier alpha value is -1.51. The van der Waals surface area contributed by atoms with Gasteiger partial charge >= 0.3 is 5.97 Å². The molecule has 1 radical (unpaired) electrons. The van der Waals surface area contributed by atoms with Gasteiger partial charge in [0, 0.05) is 41.4 Å². The van der Waals surface area contributed by atoms with E-state index in [4.69, 9.17) is 4.74 Å². The van der Waals surface area contributed by atoms with Crippen LogP contribution in [0.5, 0.6) is 5.75 Å². The molecule has 26 heavy (non-hydrogen) atoms. The van der Waals surface area contributed by atoms with Crippen LogP contribution in [0.15, 0.2) is 53.4 Å². The largest absolute Gasteiger partial charge is 0.497 e. The molecule has 2 atom stereocenters. The number of methoxy groups -OCH3 is 1. The van der Waals surface area contributed by atoms with Crippen molar-refractivity contribution in [1.82, 2.24) is 0 Å². The number of para-hydroxylation sites is 1. The number of hydrogen-bond acceptors (Lipinski definition) is 5. The topological polar surface area (TPSA) is 95.9 Å². The van der Waals surface area contributed by atoms with Crippen molar-refractivity contribution in [3.8, 4) is 5.75 Å². The van der Waals surface area contributed by atoms with E-state index in [2.05, 4.69) is 5.32 Å². The molecule has 3 N–H and O–H groups in total. The normalized spacial score (nSPS) is 12.4. The van der Waals surface area contributed by atoms with Gasteiger partial charge in [0.2, 0.25) is 5.91 Å². The van der Waals surface area contributed by atoms with Crippen LogP contribution in [0, 0.1) is 0 Å². The van der Waals surface area contributed by atoms with Gasteiger partial charge in [-0.3, -0.25) is 4.79 Å². The number of anilines is 1. The van der Waals surface area contributed by atoms with Crippen molar-refractivity contribution in [3.05, 3.63) is 54.1 Å². The SMILES string of the molecule is COc1ccc(C(Sc2ccccc2NC(C)=O)C(O)C(=O)O)cc1.[Na]. The summed E-state index contributed by atoms with van der Waals surface area (Å²) >= 11 is 1.17. The summed E-state index contributed by atoms with van der Waals surface area (Å²) in [5, 5.41) is 21.4. The Labute approximate surface area is 178 Å². The van der Waals surface area contributed by atoms with Crippen molar-refractivity contribution in [2.75, 3.05) is 12.4 Å². The molecule has 2 aromatic carbocycles. The number of aliphatic carboxylic acids is 1. The first-order valence-electron chi connectivity index (χ1n) is 7.50. The Morgan fingerprint density at radius 3 is 2.27 bits per heavy atom. The third kappa shape index (κ3) is 6.03. The van der Waals surface area contributed by atoms with E-state index >= 15 is 0 Å². The molecule has 0 saturated heterocycles. The molecule has 2 aromatic rings. The van der Waals surface area contributed by atoms with Gasteiger partial charge in [-0.15, -0.1) is 11.8 Å². The molecular weight excluding hydrogens is 365 g/mol. The van der Waals surface area contributed by atoms with Gasteiger partial charge in [0.1, 0.15) is 5.75 Å². The molecule has 1 amide bonds. The predicted octanol–water partition coefficient (Wildman–Crippen LogP) is 2.55. The van der Waals surface area contributed by atoms with Crippen LogP contribution in [0.3, 0.4) is 0 Å². The van der Waals surface area contributed by atoms with Crippen molar-refractivity contribution in [2.45, 2.75) is 23.2 Å². The van der Waals surface area contributed by atoms with E-state index in [-0.39, 0.29) is 35.5 Å². The fourth-order valence-electron chi connectivity index (χ4n) is 2.24. The number of amides is 1. The van der Waals surface area contributed by atoms with Gasteiger partial charge in [-0.1, -0.05) is 24.3 Å². The van der Waals surface area contributed by atoms with Gasteiger partial charge < -0.3 is 20.3 Å². The molecule has 0 bridgehead atoms. The Balaban J connectivity index is 0.00000338. The van der Waals surface area contributed by atoms with Crippen LogP contribution >= 0.6 is 11.8 Å². The first-order chi connectivity index (χ1) is 11.9. The second-order valence-electron chi connectivity index (χ2n) is 5.27. The van der Waals surface area contributed by atoms with Crippen LogP contribution in [-0.2, 0) is 9.59 Å². The van der Waals surface area contributed by atoms with Gasteiger partial charge in [-0.2, -0.15) is 0 Å². The van der Waals surface area contributed by atoms with Crippen LogP contribution < -0.4 is 10.1 Å². The number of aliphatic hydroxyl groups excluding tert-OH is 1. The third-order valence-corrected chi connectivity index (χ3v) is 4.83. The quantitative estimate of drug-likeness (QED) is 0.502. The van der Waals surface area contributed by atoms with Crippen molar-refractivity contribution in [2.24, 2.45) is 0 Å². The number of hydrogen-bond donors (Lipinski definition) is 3. The maximum Gasteiger partial charge on any atom is 0.334 e. The molecule has 0 heterocycles. The zero-order chi connectivity index (χ0) is 18.4. The molecule has 133 valence electrons. The standard InChI is InChI=1S/C18H19NO5S.Na/c1-11(20)19-14-5-3-4-6-15(14)25-17(16(21)18(22)23)12-7-9-13(24-2)10-8-12;/h3-10,16-17,21H,1-2H3,(H,19,20)(H,22,23);. The van der Waals surface area contributed by atoms with Gasteiger partial charge in [-0.05, 0) is 29.8 Å². The summed E-state index contributed by atoms with van der Waals surface area (Å²) in [5.41, 5.74) is 1.20. The van der Waals surface area contributed by atoms with Crippen molar-refractivity contribution < 1.29 is 24.5 Å². The smallest absolute Gasteiger partial charge is 0.334 e. The second kappa shape index (κ2) is 10.6. The van der Waals surface area contributed by atoms with Crippen molar-refractivity contribution >= 4 is 58.9 Å². The van der Waals surface area contributed by atoms with Crippen molar-refractivity contribution in [3.63, 3.8) is 0 Å². The molecule has 0 aliphatic heterocycles. The van der Waals surface area contributed by atoms with Crippen LogP contribution in [0.4, 0.5) is 5.69 Å². The molecule has 0 aliphatic carbocycles. The van der Waals surface area contributed by atoms with Crippen LogP contribution in [0.25, 0.3) is 0 Å². The number of aliphatic hydroxyl groups is 1. The van der Waals surface area contributed by atoms with Gasteiger partial charge in [0.25, 0.3) is 0 Å². The van der Waals surface area contributed by atoms with E-state index in [1.54, 1.807) is 48.5 Å². The van der Waals surface area contributed by atoms with Gasteiger partial charge in [0.05, 0.1) is 18.0 Å². The monoisotopic (exact) mass is 384 g/mol. The summed E-state index contributed by atoms with van der Waals surface area (Å²) in [4.78, 5) is 23.4. The first-order valence-corrected chi connectivity index (χ1v) is 8.38. The van der Waals surface area contributed by atoms with E-state index in [9.17, 15) is 19.8 Å². The van der Waals surface area contributed by atoms with Crippen LogP contribution in [-0.4, -0.2) is 64.9 Å². The summed E-state index contributed by atoms with van der Waals surface area (Å²) in [6.07, 6.45) is -1.61. The summed E-state index contributed by atoms with van der Waals surface area (Å²) in [6, 6.07) is 13.9. The zero-order valence-electron chi connectivity index (χ0n) is 14.8. The minimum absolute atomic E-state index is 0. The molecule has 0 aliphatic rings. The number of nitrogens with one attached hydrogen (secondary N) is 1. The molecule has 0 saturated carbocycles. The van der Waals surface area contributed by atoms with E-state index in [1.807, 2.05) is 0 Å². The number of ether oxygens (including phenoxy) is 1.